The fraction of sp³-hybridized carbons (Fsp3) is 0.182. The van der Waals surface area contributed by atoms with E-state index in [0.29, 0.717) is 5.69 Å². The second-order valence-corrected chi connectivity index (χ2v) is 5.60. The molecule has 0 aliphatic carbocycles. The normalized spacial score (nSPS) is 11.6. The first-order chi connectivity index (χ1) is 7.50. The SMILES string of the molecule is Cn1ncc(S(C)(=O)=O)c1-c1ccccc1. The van der Waals surface area contributed by atoms with Crippen LogP contribution in [0.2, 0.25) is 0 Å². The van der Waals surface area contributed by atoms with Crippen molar-refractivity contribution in [1.29, 1.82) is 0 Å². The Kier molecular flexibility index (Phi) is 2.55. The number of benzene rings is 1. The van der Waals surface area contributed by atoms with Gasteiger partial charge in [0.15, 0.2) is 9.84 Å². The molecule has 0 atom stereocenters. The van der Waals surface area contributed by atoms with E-state index in [9.17, 15) is 8.42 Å². The van der Waals surface area contributed by atoms with Crippen LogP contribution in [0.3, 0.4) is 0 Å². The average Bonchev–Trinajstić information content (AvgIpc) is 2.61. The zero-order chi connectivity index (χ0) is 11.8. The molecule has 0 aliphatic rings. The van der Waals surface area contributed by atoms with Gasteiger partial charge in [0.2, 0.25) is 0 Å². The molecule has 0 bridgehead atoms. The summed E-state index contributed by atoms with van der Waals surface area (Å²) in [6.45, 7) is 0. The number of hydrogen-bond donors (Lipinski definition) is 0. The van der Waals surface area contributed by atoms with Gasteiger partial charge in [-0.25, -0.2) is 8.42 Å². The van der Waals surface area contributed by atoms with Crippen molar-refractivity contribution >= 4 is 9.84 Å². The monoisotopic (exact) mass is 236 g/mol. The number of rotatable bonds is 2. The lowest BCUT2D eigenvalue weighted by Crippen LogP contribution is -2.00. The smallest absolute Gasteiger partial charge is 0.179 e. The van der Waals surface area contributed by atoms with Gasteiger partial charge in [-0.05, 0) is 0 Å². The highest BCUT2D eigenvalue weighted by Crippen LogP contribution is 2.26. The Hall–Kier alpha value is -1.62. The van der Waals surface area contributed by atoms with Crippen LogP contribution < -0.4 is 0 Å². The van der Waals surface area contributed by atoms with Gasteiger partial charge in [-0.2, -0.15) is 5.10 Å². The molecule has 0 radical (unpaired) electrons. The fourth-order valence-electron chi connectivity index (χ4n) is 1.61. The molecule has 0 fully saturated rings. The molecular weight excluding hydrogens is 224 g/mol. The molecule has 16 heavy (non-hydrogen) atoms. The molecule has 84 valence electrons. The molecule has 0 amide bonds. The van der Waals surface area contributed by atoms with Crippen molar-refractivity contribution in [2.75, 3.05) is 6.26 Å². The van der Waals surface area contributed by atoms with Gasteiger partial charge in [-0.3, -0.25) is 4.68 Å². The van der Waals surface area contributed by atoms with Crippen LogP contribution in [0.4, 0.5) is 0 Å². The zero-order valence-corrected chi connectivity index (χ0v) is 9.90. The first-order valence-electron chi connectivity index (χ1n) is 4.77. The summed E-state index contributed by atoms with van der Waals surface area (Å²) in [5.74, 6) is 0. The van der Waals surface area contributed by atoms with Gasteiger partial charge in [0, 0.05) is 18.9 Å². The van der Waals surface area contributed by atoms with E-state index >= 15 is 0 Å². The second kappa shape index (κ2) is 3.75. The Morgan fingerprint density at radius 3 is 2.38 bits per heavy atom. The Morgan fingerprint density at radius 1 is 1.19 bits per heavy atom. The van der Waals surface area contributed by atoms with Gasteiger partial charge in [0.1, 0.15) is 4.90 Å². The number of sulfone groups is 1. The van der Waals surface area contributed by atoms with Crippen LogP contribution in [-0.4, -0.2) is 24.5 Å². The fourth-order valence-corrected chi connectivity index (χ4v) is 2.45. The Bertz CT molecular complexity index is 600. The van der Waals surface area contributed by atoms with E-state index < -0.39 is 9.84 Å². The van der Waals surface area contributed by atoms with Gasteiger partial charge in [-0.15, -0.1) is 0 Å². The van der Waals surface area contributed by atoms with Crippen LogP contribution in [0.1, 0.15) is 0 Å². The summed E-state index contributed by atoms with van der Waals surface area (Å²) in [7, 11) is -1.51. The number of hydrogen-bond acceptors (Lipinski definition) is 3. The minimum absolute atomic E-state index is 0.265. The molecule has 1 heterocycles. The summed E-state index contributed by atoms with van der Waals surface area (Å²) in [6.07, 6.45) is 2.58. The van der Waals surface area contributed by atoms with Crippen molar-refractivity contribution in [3.05, 3.63) is 36.5 Å². The van der Waals surface area contributed by atoms with E-state index in [1.54, 1.807) is 11.7 Å². The third kappa shape index (κ3) is 1.86. The molecule has 1 aromatic heterocycles. The Morgan fingerprint density at radius 2 is 1.81 bits per heavy atom. The first kappa shape index (κ1) is 10.9. The Labute approximate surface area is 94.5 Å². The van der Waals surface area contributed by atoms with Gasteiger partial charge in [-0.1, -0.05) is 30.3 Å². The third-order valence-electron chi connectivity index (χ3n) is 2.35. The predicted molar refractivity (Wildman–Crippen MR) is 61.8 cm³/mol. The summed E-state index contributed by atoms with van der Waals surface area (Å²) < 4.78 is 24.7. The standard InChI is InChI=1S/C11H12N2O2S/c1-13-11(9-6-4-3-5-7-9)10(8-12-13)16(2,14)15/h3-8H,1-2H3. The molecule has 1 aromatic carbocycles. The maximum absolute atomic E-state index is 11.6. The van der Waals surface area contributed by atoms with Crippen LogP contribution in [0.5, 0.6) is 0 Å². The van der Waals surface area contributed by atoms with Crippen molar-refractivity contribution in [2.24, 2.45) is 7.05 Å². The quantitative estimate of drug-likeness (QED) is 0.793. The van der Waals surface area contributed by atoms with Gasteiger partial charge < -0.3 is 0 Å². The first-order valence-corrected chi connectivity index (χ1v) is 6.67. The molecule has 0 saturated carbocycles. The van der Waals surface area contributed by atoms with E-state index in [1.807, 2.05) is 30.3 Å². The van der Waals surface area contributed by atoms with Gasteiger partial charge >= 0.3 is 0 Å². The van der Waals surface area contributed by atoms with Crippen molar-refractivity contribution in [1.82, 2.24) is 9.78 Å². The van der Waals surface area contributed by atoms with E-state index in [2.05, 4.69) is 5.10 Å². The van der Waals surface area contributed by atoms with Crippen LogP contribution in [-0.2, 0) is 16.9 Å². The van der Waals surface area contributed by atoms with E-state index in [0.717, 1.165) is 5.56 Å². The highest BCUT2D eigenvalue weighted by Gasteiger charge is 2.18. The summed E-state index contributed by atoms with van der Waals surface area (Å²) in [6, 6.07) is 9.36. The predicted octanol–water partition coefficient (Wildman–Crippen LogP) is 1.49. The zero-order valence-electron chi connectivity index (χ0n) is 9.08. The number of aromatic nitrogens is 2. The van der Waals surface area contributed by atoms with E-state index in [-0.39, 0.29) is 4.90 Å². The summed E-state index contributed by atoms with van der Waals surface area (Å²) >= 11 is 0. The van der Waals surface area contributed by atoms with Crippen molar-refractivity contribution in [3.8, 4) is 11.3 Å². The molecule has 0 saturated heterocycles. The van der Waals surface area contributed by atoms with E-state index in [4.69, 9.17) is 0 Å². The average molecular weight is 236 g/mol. The lowest BCUT2D eigenvalue weighted by molar-refractivity contribution is 0.602. The van der Waals surface area contributed by atoms with Crippen LogP contribution >= 0.6 is 0 Å². The largest absolute Gasteiger partial charge is 0.267 e. The molecule has 0 unspecified atom stereocenters. The Balaban J connectivity index is 2.71. The van der Waals surface area contributed by atoms with Gasteiger partial charge in [0.25, 0.3) is 0 Å². The molecule has 0 N–H and O–H groups in total. The molecule has 2 rings (SSSR count). The number of nitrogens with zero attached hydrogens (tertiary/aromatic N) is 2. The lowest BCUT2D eigenvalue weighted by atomic mass is 10.1. The van der Waals surface area contributed by atoms with Gasteiger partial charge in [0.05, 0.1) is 11.9 Å². The molecule has 4 nitrogen and oxygen atoms in total. The van der Waals surface area contributed by atoms with Crippen molar-refractivity contribution < 1.29 is 8.42 Å². The molecule has 0 aliphatic heterocycles. The minimum Gasteiger partial charge on any atom is -0.267 e. The van der Waals surface area contributed by atoms with Crippen LogP contribution in [0, 0.1) is 0 Å². The number of aryl methyl sites for hydroxylation is 1. The second-order valence-electron chi connectivity index (χ2n) is 3.62. The topological polar surface area (TPSA) is 52.0 Å². The minimum atomic E-state index is -3.24. The molecular formula is C11H12N2O2S. The van der Waals surface area contributed by atoms with Crippen LogP contribution in [0.25, 0.3) is 11.3 Å². The van der Waals surface area contributed by atoms with E-state index in [1.165, 1.54) is 12.5 Å². The highest BCUT2D eigenvalue weighted by molar-refractivity contribution is 7.90. The van der Waals surface area contributed by atoms with Crippen molar-refractivity contribution in [2.45, 2.75) is 4.90 Å². The third-order valence-corrected chi connectivity index (χ3v) is 3.45. The summed E-state index contributed by atoms with van der Waals surface area (Å²) in [4.78, 5) is 0.265. The molecule has 2 aromatic rings. The summed E-state index contributed by atoms with van der Waals surface area (Å²) in [5, 5.41) is 4.00. The van der Waals surface area contributed by atoms with Crippen LogP contribution in [0.15, 0.2) is 41.4 Å². The lowest BCUT2D eigenvalue weighted by Gasteiger charge is -2.04. The maximum atomic E-state index is 11.6. The highest BCUT2D eigenvalue weighted by atomic mass is 32.2. The molecule has 5 heteroatoms. The molecule has 0 spiro atoms. The summed E-state index contributed by atoms with van der Waals surface area (Å²) in [5.41, 5.74) is 1.48. The van der Waals surface area contributed by atoms with Crippen molar-refractivity contribution in [3.63, 3.8) is 0 Å². The maximum Gasteiger partial charge on any atom is 0.179 e.